The Morgan fingerprint density at radius 2 is 1.64 bits per heavy atom. The molecule has 0 saturated heterocycles. The number of aryl methyl sites for hydroxylation is 1. The maximum atomic E-state index is 11.8. The third kappa shape index (κ3) is 3.04. The molecule has 2 aromatic carbocycles. The van der Waals surface area contributed by atoms with Gasteiger partial charge in [0.1, 0.15) is 23.5 Å². The summed E-state index contributed by atoms with van der Waals surface area (Å²) in [5.41, 5.74) is 1.92. The standard InChI is InChI=1S/C20H14O5/c1-12-2-6-16-14(9-20(22)25-18(16)8-12)11-23-15-5-3-13-4-7-19(21)24-17(13)10-15/h2-10H,11H2,1H3. The minimum atomic E-state index is -0.416. The van der Waals surface area contributed by atoms with Crippen LogP contribution in [0.1, 0.15) is 11.1 Å². The molecular weight excluding hydrogens is 320 g/mol. The van der Waals surface area contributed by atoms with Crippen LogP contribution in [0.2, 0.25) is 0 Å². The highest BCUT2D eigenvalue weighted by molar-refractivity contribution is 5.81. The third-order valence-corrected chi connectivity index (χ3v) is 3.97. The molecule has 0 spiro atoms. The van der Waals surface area contributed by atoms with E-state index in [-0.39, 0.29) is 6.61 Å². The van der Waals surface area contributed by atoms with Crippen molar-refractivity contribution in [3.05, 3.63) is 86.6 Å². The minimum absolute atomic E-state index is 0.202. The second kappa shape index (κ2) is 5.94. The fourth-order valence-electron chi connectivity index (χ4n) is 2.75. The van der Waals surface area contributed by atoms with E-state index in [0.29, 0.717) is 16.9 Å². The lowest BCUT2D eigenvalue weighted by Gasteiger charge is -2.09. The molecule has 0 N–H and O–H groups in total. The molecule has 5 nitrogen and oxygen atoms in total. The lowest BCUT2D eigenvalue weighted by Crippen LogP contribution is -2.04. The summed E-state index contributed by atoms with van der Waals surface area (Å²) in [5.74, 6) is 0.551. The van der Waals surface area contributed by atoms with E-state index in [9.17, 15) is 9.59 Å². The van der Waals surface area contributed by atoms with Gasteiger partial charge in [-0.3, -0.25) is 0 Å². The maximum Gasteiger partial charge on any atom is 0.336 e. The normalized spacial score (nSPS) is 11.1. The van der Waals surface area contributed by atoms with Gasteiger partial charge in [0, 0.05) is 34.5 Å². The van der Waals surface area contributed by atoms with Gasteiger partial charge in [-0.15, -0.1) is 0 Å². The summed E-state index contributed by atoms with van der Waals surface area (Å²) in [6.07, 6.45) is 0. The average molecular weight is 334 g/mol. The number of ether oxygens (including phenoxy) is 1. The summed E-state index contributed by atoms with van der Waals surface area (Å²) in [5, 5.41) is 1.64. The SMILES string of the molecule is Cc1ccc2c(COc3ccc4ccc(=O)oc4c3)cc(=O)oc2c1. The highest BCUT2D eigenvalue weighted by atomic mass is 16.5. The number of benzene rings is 2. The maximum absolute atomic E-state index is 11.8. The predicted molar refractivity (Wildman–Crippen MR) is 94.0 cm³/mol. The molecule has 0 saturated carbocycles. The topological polar surface area (TPSA) is 69.7 Å². The zero-order valence-electron chi connectivity index (χ0n) is 13.4. The van der Waals surface area contributed by atoms with Gasteiger partial charge in [0.15, 0.2) is 0 Å². The summed E-state index contributed by atoms with van der Waals surface area (Å²) in [4.78, 5) is 23.1. The molecule has 0 unspecified atom stereocenters. The zero-order chi connectivity index (χ0) is 17.4. The second-order valence-electron chi connectivity index (χ2n) is 5.83. The molecule has 0 aliphatic carbocycles. The summed E-state index contributed by atoms with van der Waals surface area (Å²) in [6, 6.07) is 15.5. The van der Waals surface area contributed by atoms with Crippen LogP contribution in [0.3, 0.4) is 0 Å². The third-order valence-electron chi connectivity index (χ3n) is 3.97. The summed E-state index contributed by atoms with van der Waals surface area (Å²) in [7, 11) is 0. The molecule has 0 aliphatic rings. The molecule has 0 bridgehead atoms. The number of hydrogen-bond donors (Lipinski definition) is 0. The predicted octanol–water partition coefficient (Wildman–Crippen LogP) is 3.79. The second-order valence-corrected chi connectivity index (χ2v) is 5.83. The number of hydrogen-bond acceptors (Lipinski definition) is 5. The molecule has 25 heavy (non-hydrogen) atoms. The van der Waals surface area contributed by atoms with Crippen molar-refractivity contribution in [2.75, 3.05) is 0 Å². The highest BCUT2D eigenvalue weighted by Crippen LogP contribution is 2.23. The van der Waals surface area contributed by atoms with Gasteiger partial charge in [0.25, 0.3) is 0 Å². The molecule has 0 amide bonds. The fraction of sp³-hybridized carbons (Fsp3) is 0.100. The van der Waals surface area contributed by atoms with Crippen LogP contribution in [-0.4, -0.2) is 0 Å². The van der Waals surface area contributed by atoms with Crippen LogP contribution in [0, 0.1) is 6.92 Å². The van der Waals surface area contributed by atoms with Gasteiger partial charge in [-0.2, -0.15) is 0 Å². The fourth-order valence-corrected chi connectivity index (χ4v) is 2.75. The molecular formula is C20H14O5. The van der Waals surface area contributed by atoms with Crippen molar-refractivity contribution in [2.24, 2.45) is 0 Å². The molecule has 124 valence electrons. The van der Waals surface area contributed by atoms with Gasteiger partial charge >= 0.3 is 11.3 Å². The Kier molecular flexibility index (Phi) is 3.61. The molecule has 2 aromatic heterocycles. The van der Waals surface area contributed by atoms with Crippen LogP contribution in [0.15, 0.2) is 73.0 Å². The minimum Gasteiger partial charge on any atom is -0.489 e. The van der Waals surface area contributed by atoms with Gasteiger partial charge in [-0.25, -0.2) is 9.59 Å². The van der Waals surface area contributed by atoms with E-state index < -0.39 is 11.3 Å². The van der Waals surface area contributed by atoms with Crippen molar-refractivity contribution in [3.8, 4) is 5.75 Å². The molecule has 4 aromatic rings. The van der Waals surface area contributed by atoms with Crippen molar-refractivity contribution in [3.63, 3.8) is 0 Å². The Balaban J connectivity index is 1.68. The van der Waals surface area contributed by atoms with E-state index in [1.807, 2.05) is 31.2 Å². The van der Waals surface area contributed by atoms with E-state index in [2.05, 4.69) is 0 Å². The molecule has 2 heterocycles. The Bertz CT molecular complexity index is 1200. The largest absolute Gasteiger partial charge is 0.489 e. The van der Waals surface area contributed by atoms with E-state index in [4.69, 9.17) is 13.6 Å². The Morgan fingerprint density at radius 3 is 2.52 bits per heavy atom. The van der Waals surface area contributed by atoms with Gasteiger partial charge < -0.3 is 13.6 Å². The number of fused-ring (bicyclic) bond motifs is 2. The van der Waals surface area contributed by atoms with E-state index in [1.165, 1.54) is 12.1 Å². The molecule has 0 atom stereocenters. The molecule has 0 aliphatic heterocycles. The van der Waals surface area contributed by atoms with Crippen LogP contribution in [0.25, 0.3) is 21.9 Å². The van der Waals surface area contributed by atoms with Crippen molar-refractivity contribution in [1.82, 2.24) is 0 Å². The van der Waals surface area contributed by atoms with E-state index in [0.717, 1.165) is 21.9 Å². The van der Waals surface area contributed by atoms with Crippen LogP contribution in [-0.2, 0) is 6.61 Å². The summed E-state index contributed by atoms with van der Waals surface area (Å²) >= 11 is 0. The van der Waals surface area contributed by atoms with Crippen molar-refractivity contribution in [2.45, 2.75) is 13.5 Å². The smallest absolute Gasteiger partial charge is 0.336 e. The van der Waals surface area contributed by atoms with Crippen molar-refractivity contribution < 1.29 is 13.6 Å². The Hall–Kier alpha value is -3.34. The Morgan fingerprint density at radius 1 is 0.840 bits per heavy atom. The first-order chi connectivity index (χ1) is 12.1. The molecule has 4 rings (SSSR count). The van der Waals surface area contributed by atoms with E-state index in [1.54, 1.807) is 18.2 Å². The molecule has 0 fully saturated rings. The van der Waals surface area contributed by atoms with E-state index >= 15 is 0 Å². The summed E-state index contributed by atoms with van der Waals surface area (Å²) in [6.45, 7) is 2.14. The quantitative estimate of drug-likeness (QED) is 0.533. The van der Waals surface area contributed by atoms with Crippen molar-refractivity contribution >= 4 is 21.9 Å². The van der Waals surface area contributed by atoms with Gasteiger partial charge in [0.05, 0.1) is 0 Å². The number of rotatable bonds is 3. The molecule has 5 heteroatoms. The van der Waals surface area contributed by atoms with Crippen LogP contribution >= 0.6 is 0 Å². The van der Waals surface area contributed by atoms with Crippen LogP contribution in [0.5, 0.6) is 5.75 Å². The zero-order valence-corrected chi connectivity index (χ0v) is 13.4. The van der Waals surface area contributed by atoms with Gasteiger partial charge in [-0.1, -0.05) is 12.1 Å². The molecule has 0 radical (unpaired) electrons. The highest BCUT2D eigenvalue weighted by Gasteiger charge is 2.07. The first kappa shape index (κ1) is 15.2. The lowest BCUT2D eigenvalue weighted by atomic mass is 10.1. The first-order valence-corrected chi connectivity index (χ1v) is 7.79. The summed E-state index contributed by atoms with van der Waals surface area (Å²) < 4.78 is 16.2. The monoisotopic (exact) mass is 334 g/mol. The van der Waals surface area contributed by atoms with Crippen molar-refractivity contribution in [1.29, 1.82) is 0 Å². The van der Waals surface area contributed by atoms with Gasteiger partial charge in [0.2, 0.25) is 0 Å². The lowest BCUT2D eigenvalue weighted by molar-refractivity contribution is 0.306. The van der Waals surface area contributed by atoms with Crippen LogP contribution in [0.4, 0.5) is 0 Å². The Labute approximate surface area is 142 Å². The average Bonchev–Trinajstić information content (AvgIpc) is 2.58. The van der Waals surface area contributed by atoms with Crippen LogP contribution < -0.4 is 16.0 Å². The van der Waals surface area contributed by atoms with Gasteiger partial charge in [-0.05, 0) is 36.8 Å². The first-order valence-electron chi connectivity index (χ1n) is 7.79.